The van der Waals surface area contributed by atoms with Crippen molar-refractivity contribution in [1.82, 2.24) is 5.32 Å². The molecule has 1 unspecified atom stereocenters. The Morgan fingerprint density at radius 2 is 2.38 bits per heavy atom. The first-order valence-electron chi connectivity index (χ1n) is 4.41. The fourth-order valence-corrected chi connectivity index (χ4v) is 1.52. The minimum Gasteiger partial charge on any atom is -0.351 e. The number of carbonyl (C=O) groups is 1. The Morgan fingerprint density at radius 3 is 3.00 bits per heavy atom. The molecule has 1 fully saturated rings. The Hall–Kier alpha value is -1.22. The highest BCUT2D eigenvalue weighted by atomic mass is 16.2. The van der Waals surface area contributed by atoms with E-state index in [0.717, 1.165) is 12.8 Å². The molecule has 0 aromatic heterocycles. The summed E-state index contributed by atoms with van der Waals surface area (Å²) in [5.74, 6) is -0.152. The normalized spacial score (nSPS) is 26.9. The molecule has 0 saturated carbocycles. The fourth-order valence-electron chi connectivity index (χ4n) is 1.52. The molecule has 1 aliphatic rings. The third-order valence-corrected chi connectivity index (χ3v) is 2.23. The number of nitrogens with zero attached hydrogens (tertiary/aromatic N) is 3. The lowest BCUT2D eigenvalue weighted by Gasteiger charge is -2.23. The van der Waals surface area contributed by atoms with Gasteiger partial charge in [0.05, 0.1) is 0 Å². The van der Waals surface area contributed by atoms with Gasteiger partial charge in [-0.25, -0.2) is 0 Å². The van der Waals surface area contributed by atoms with Crippen LogP contribution < -0.4 is 5.32 Å². The van der Waals surface area contributed by atoms with Gasteiger partial charge in [0.1, 0.15) is 6.04 Å². The molecule has 1 N–H and O–H groups in total. The fraction of sp³-hybridized carbons (Fsp3) is 0.875. The largest absolute Gasteiger partial charge is 0.351 e. The molecule has 0 radical (unpaired) electrons. The average molecular weight is 182 g/mol. The van der Waals surface area contributed by atoms with Crippen LogP contribution in [0.15, 0.2) is 5.11 Å². The van der Waals surface area contributed by atoms with Crippen molar-refractivity contribution >= 4 is 5.91 Å². The lowest BCUT2D eigenvalue weighted by atomic mass is 9.99. The standard InChI is InChI=1S/C8H14N4O/c1-8(2)5-3-4-6(11-12-9)7(13)10-8/h6H,3-5H2,1-2H3,(H,10,13). The molecule has 1 saturated heterocycles. The molecular weight excluding hydrogens is 168 g/mol. The van der Waals surface area contributed by atoms with Crippen molar-refractivity contribution in [2.24, 2.45) is 5.11 Å². The van der Waals surface area contributed by atoms with E-state index in [0.29, 0.717) is 6.42 Å². The van der Waals surface area contributed by atoms with Crippen LogP contribution in [0, 0.1) is 0 Å². The molecular formula is C8H14N4O. The quantitative estimate of drug-likeness (QED) is 0.374. The van der Waals surface area contributed by atoms with Crippen molar-refractivity contribution in [1.29, 1.82) is 0 Å². The van der Waals surface area contributed by atoms with E-state index in [1.54, 1.807) is 0 Å². The van der Waals surface area contributed by atoms with Crippen LogP contribution in [0.25, 0.3) is 10.4 Å². The van der Waals surface area contributed by atoms with Crippen molar-refractivity contribution < 1.29 is 4.79 Å². The summed E-state index contributed by atoms with van der Waals surface area (Å²) in [6, 6.07) is -0.522. The molecule has 0 aliphatic carbocycles. The molecule has 72 valence electrons. The van der Waals surface area contributed by atoms with E-state index < -0.39 is 6.04 Å². The van der Waals surface area contributed by atoms with Crippen molar-refractivity contribution in [3.63, 3.8) is 0 Å². The van der Waals surface area contributed by atoms with E-state index in [2.05, 4.69) is 15.3 Å². The zero-order chi connectivity index (χ0) is 9.90. The highest BCUT2D eigenvalue weighted by Gasteiger charge is 2.28. The highest BCUT2D eigenvalue weighted by molar-refractivity contribution is 5.82. The molecule has 0 spiro atoms. The number of amides is 1. The van der Waals surface area contributed by atoms with Crippen molar-refractivity contribution in [2.75, 3.05) is 0 Å². The second kappa shape index (κ2) is 3.66. The van der Waals surface area contributed by atoms with Gasteiger partial charge in [0.15, 0.2) is 0 Å². The number of rotatable bonds is 1. The maximum absolute atomic E-state index is 11.4. The summed E-state index contributed by atoms with van der Waals surface area (Å²) in [5, 5.41) is 6.31. The van der Waals surface area contributed by atoms with Gasteiger partial charge in [-0.15, -0.1) is 0 Å². The van der Waals surface area contributed by atoms with E-state index in [4.69, 9.17) is 5.53 Å². The van der Waals surface area contributed by atoms with Gasteiger partial charge in [0, 0.05) is 10.5 Å². The molecule has 1 atom stereocenters. The Kier molecular flexibility index (Phi) is 2.78. The van der Waals surface area contributed by atoms with E-state index in [1.165, 1.54) is 0 Å². The van der Waals surface area contributed by atoms with E-state index in [9.17, 15) is 4.79 Å². The van der Waals surface area contributed by atoms with Gasteiger partial charge >= 0.3 is 0 Å². The first-order chi connectivity index (χ1) is 6.05. The van der Waals surface area contributed by atoms with E-state index >= 15 is 0 Å². The van der Waals surface area contributed by atoms with E-state index in [-0.39, 0.29) is 11.4 Å². The predicted molar refractivity (Wildman–Crippen MR) is 49.0 cm³/mol. The number of carbonyl (C=O) groups excluding carboxylic acids is 1. The monoisotopic (exact) mass is 182 g/mol. The summed E-state index contributed by atoms with van der Waals surface area (Å²) in [6.45, 7) is 3.95. The zero-order valence-corrected chi connectivity index (χ0v) is 7.95. The smallest absolute Gasteiger partial charge is 0.229 e. The van der Waals surface area contributed by atoms with Crippen molar-refractivity contribution in [2.45, 2.75) is 44.7 Å². The van der Waals surface area contributed by atoms with Crippen LogP contribution in [0.1, 0.15) is 33.1 Å². The minimum absolute atomic E-state index is 0.152. The van der Waals surface area contributed by atoms with Crippen molar-refractivity contribution in [3.05, 3.63) is 10.4 Å². The maximum atomic E-state index is 11.4. The molecule has 1 amide bonds. The van der Waals surface area contributed by atoms with Gasteiger partial charge in [0.25, 0.3) is 0 Å². The number of azide groups is 1. The van der Waals surface area contributed by atoms with Crippen LogP contribution in [0.4, 0.5) is 0 Å². The zero-order valence-electron chi connectivity index (χ0n) is 7.95. The van der Waals surface area contributed by atoms with Gasteiger partial charge in [0.2, 0.25) is 5.91 Å². The van der Waals surface area contributed by atoms with Gasteiger partial charge in [-0.2, -0.15) is 0 Å². The predicted octanol–water partition coefficient (Wildman–Crippen LogP) is 1.74. The molecule has 0 aromatic carbocycles. The highest BCUT2D eigenvalue weighted by Crippen LogP contribution is 2.19. The summed E-state index contributed by atoms with van der Waals surface area (Å²) in [4.78, 5) is 14.1. The lowest BCUT2D eigenvalue weighted by molar-refractivity contribution is -0.123. The summed E-state index contributed by atoms with van der Waals surface area (Å²) < 4.78 is 0. The van der Waals surface area contributed by atoms with E-state index in [1.807, 2.05) is 13.8 Å². The molecule has 5 heteroatoms. The van der Waals surface area contributed by atoms with Gasteiger partial charge < -0.3 is 5.32 Å². The second-order valence-electron chi connectivity index (χ2n) is 3.99. The van der Waals surface area contributed by atoms with Crippen LogP contribution in [-0.2, 0) is 4.79 Å². The SMILES string of the molecule is CC1(C)CCCC(N=[N+]=[N-])C(=O)N1. The first-order valence-corrected chi connectivity index (χ1v) is 4.41. The summed E-state index contributed by atoms with van der Waals surface area (Å²) in [5.41, 5.74) is 8.07. The van der Waals surface area contributed by atoms with Crippen LogP contribution >= 0.6 is 0 Å². The molecule has 5 nitrogen and oxygen atoms in total. The molecule has 0 aromatic rings. The van der Waals surface area contributed by atoms with Crippen LogP contribution in [-0.4, -0.2) is 17.5 Å². The third kappa shape index (κ3) is 2.63. The Balaban J connectivity index is 2.73. The summed E-state index contributed by atoms with van der Waals surface area (Å²) >= 11 is 0. The molecule has 13 heavy (non-hydrogen) atoms. The molecule has 1 aliphatic heterocycles. The number of hydrogen-bond acceptors (Lipinski definition) is 2. The van der Waals surface area contributed by atoms with Crippen LogP contribution in [0.5, 0.6) is 0 Å². The lowest BCUT2D eigenvalue weighted by Crippen LogP contribution is -2.44. The maximum Gasteiger partial charge on any atom is 0.229 e. The Morgan fingerprint density at radius 1 is 1.69 bits per heavy atom. The topological polar surface area (TPSA) is 77.9 Å². The van der Waals surface area contributed by atoms with Gasteiger partial charge in [-0.1, -0.05) is 11.5 Å². The third-order valence-electron chi connectivity index (χ3n) is 2.23. The number of hydrogen-bond donors (Lipinski definition) is 1. The number of nitrogens with one attached hydrogen (secondary N) is 1. The molecule has 1 rings (SSSR count). The summed E-state index contributed by atoms with van der Waals surface area (Å²) in [7, 11) is 0. The summed E-state index contributed by atoms with van der Waals surface area (Å²) in [6.07, 6.45) is 2.49. The van der Waals surface area contributed by atoms with Gasteiger partial charge in [-0.05, 0) is 32.2 Å². The molecule has 1 heterocycles. The Bertz CT molecular complexity index is 255. The van der Waals surface area contributed by atoms with Crippen molar-refractivity contribution in [3.8, 4) is 0 Å². The minimum atomic E-state index is -0.522. The van der Waals surface area contributed by atoms with Crippen LogP contribution in [0.2, 0.25) is 0 Å². The van der Waals surface area contributed by atoms with Gasteiger partial charge in [-0.3, -0.25) is 4.79 Å². The average Bonchev–Trinajstić information content (AvgIpc) is 2.11. The van der Waals surface area contributed by atoms with Crippen LogP contribution in [0.3, 0.4) is 0 Å². The second-order valence-corrected chi connectivity index (χ2v) is 3.99. The first kappa shape index (κ1) is 9.86. The molecule has 0 bridgehead atoms. The Labute approximate surface area is 77.1 Å².